The van der Waals surface area contributed by atoms with Gasteiger partial charge in [0.15, 0.2) is 5.78 Å². The maximum atomic E-state index is 12.7. The van der Waals surface area contributed by atoms with Crippen molar-refractivity contribution in [2.75, 3.05) is 0 Å². The van der Waals surface area contributed by atoms with E-state index in [1.54, 1.807) is 42.5 Å². The fourth-order valence-electron chi connectivity index (χ4n) is 2.45. The molecule has 0 radical (unpaired) electrons. The first-order valence-electron chi connectivity index (χ1n) is 7.94. The molecule has 0 aliphatic rings. The standard InChI is InChI=1S/C21H16O5/c22-16-12-10-15(11-13-16)21(25)26-18-9-5-4-8-17(18)20(24)19(23)14-6-2-1-3-7-14/h1-13,19,22-23H. The third kappa shape index (κ3) is 3.79. The summed E-state index contributed by atoms with van der Waals surface area (Å²) in [6.07, 6.45) is -1.36. The fourth-order valence-corrected chi connectivity index (χ4v) is 2.45. The number of aliphatic hydroxyl groups excluding tert-OH is 1. The lowest BCUT2D eigenvalue weighted by atomic mass is 9.99. The minimum atomic E-state index is -1.36. The molecule has 0 spiro atoms. The Kier molecular flexibility index (Phi) is 5.10. The predicted molar refractivity (Wildman–Crippen MR) is 95.2 cm³/mol. The minimum absolute atomic E-state index is 0.0307. The maximum absolute atomic E-state index is 12.7. The number of esters is 1. The molecule has 0 saturated carbocycles. The highest BCUT2D eigenvalue weighted by molar-refractivity contribution is 6.03. The summed E-state index contributed by atoms with van der Waals surface area (Å²) in [5.41, 5.74) is 0.793. The lowest BCUT2D eigenvalue weighted by Gasteiger charge is -2.13. The average Bonchev–Trinajstić information content (AvgIpc) is 2.68. The molecule has 0 fully saturated rings. The zero-order valence-electron chi connectivity index (χ0n) is 13.7. The van der Waals surface area contributed by atoms with Gasteiger partial charge in [0.25, 0.3) is 0 Å². The topological polar surface area (TPSA) is 83.8 Å². The van der Waals surface area contributed by atoms with Crippen LogP contribution < -0.4 is 4.74 Å². The molecule has 5 nitrogen and oxygen atoms in total. The van der Waals surface area contributed by atoms with Crippen LogP contribution in [0.4, 0.5) is 0 Å². The van der Waals surface area contributed by atoms with E-state index in [0.717, 1.165) is 0 Å². The van der Waals surface area contributed by atoms with Gasteiger partial charge in [-0.05, 0) is 42.0 Å². The summed E-state index contributed by atoms with van der Waals surface area (Å²) in [4.78, 5) is 24.9. The highest BCUT2D eigenvalue weighted by Gasteiger charge is 2.23. The van der Waals surface area contributed by atoms with Crippen molar-refractivity contribution in [1.82, 2.24) is 0 Å². The number of hydrogen-bond acceptors (Lipinski definition) is 5. The molecule has 2 N–H and O–H groups in total. The number of hydrogen-bond donors (Lipinski definition) is 2. The molecule has 3 rings (SSSR count). The number of aliphatic hydroxyl groups is 1. The SMILES string of the molecule is O=C(Oc1ccccc1C(=O)C(O)c1ccccc1)c1ccc(O)cc1. The monoisotopic (exact) mass is 348 g/mol. The van der Waals surface area contributed by atoms with Gasteiger partial charge in [-0.1, -0.05) is 42.5 Å². The highest BCUT2D eigenvalue weighted by atomic mass is 16.5. The van der Waals surface area contributed by atoms with E-state index < -0.39 is 17.9 Å². The minimum Gasteiger partial charge on any atom is -0.508 e. The van der Waals surface area contributed by atoms with Gasteiger partial charge in [-0.15, -0.1) is 0 Å². The quantitative estimate of drug-likeness (QED) is 0.419. The third-order valence-corrected chi connectivity index (χ3v) is 3.82. The molecule has 26 heavy (non-hydrogen) atoms. The Morgan fingerprint density at radius 3 is 2.12 bits per heavy atom. The second-order valence-corrected chi connectivity index (χ2v) is 5.61. The molecule has 0 amide bonds. The van der Waals surface area contributed by atoms with Crippen molar-refractivity contribution >= 4 is 11.8 Å². The van der Waals surface area contributed by atoms with Gasteiger partial charge in [0.1, 0.15) is 17.6 Å². The van der Waals surface area contributed by atoms with Crippen molar-refractivity contribution in [1.29, 1.82) is 0 Å². The first-order chi connectivity index (χ1) is 12.6. The normalized spacial score (nSPS) is 11.6. The molecular weight excluding hydrogens is 332 g/mol. The summed E-state index contributed by atoms with van der Waals surface area (Å²) >= 11 is 0. The van der Waals surface area contributed by atoms with Crippen molar-refractivity contribution < 1.29 is 24.5 Å². The number of carbonyl (C=O) groups excluding carboxylic acids is 2. The van der Waals surface area contributed by atoms with Crippen LogP contribution in [0.5, 0.6) is 11.5 Å². The van der Waals surface area contributed by atoms with E-state index in [-0.39, 0.29) is 22.6 Å². The number of phenols is 1. The number of phenolic OH excluding ortho intramolecular Hbond substituents is 1. The third-order valence-electron chi connectivity index (χ3n) is 3.82. The van der Waals surface area contributed by atoms with Gasteiger partial charge in [-0.25, -0.2) is 4.79 Å². The molecule has 1 unspecified atom stereocenters. The van der Waals surface area contributed by atoms with E-state index in [1.165, 1.54) is 36.4 Å². The lowest BCUT2D eigenvalue weighted by Crippen LogP contribution is -2.16. The molecule has 0 heterocycles. The number of aromatic hydroxyl groups is 1. The van der Waals surface area contributed by atoms with Crippen LogP contribution in [0.15, 0.2) is 78.9 Å². The average molecular weight is 348 g/mol. The second kappa shape index (κ2) is 7.63. The Labute approximate surface area is 150 Å². The molecule has 130 valence electrons. The van der Waals surface area contributed by atoms with Gasteiger partial charge in [0.2, 0.25) is 0 Å². The van der Waals surface area contributed by atoms with E-state index in [1.807, 2.05) is 0 Å². The van der Waals surface area contributed by atoms with E-state index in [4.69, 9.17) is 4.74 Å². The van der Waals surface area contributed by atoms with E-state index >= 15 is 0 Å². The Morgan fingerprint density at radius 2 is 1.42 bits per heavy atom. The lowest BCUT2D eigenvalue weighted by molar-refractivity contribution is 0.0711. The molecule has 0 saturated heterocycles. The van der Waals surface area contributed by atoms with Crippen molar-refractivity contribution in [3.05, 3.63) is 95.6 Å². The van der Waals surface area contributed by atoms with Gasteiger partial charge < -0.3 is 14.9 Å². The molecule has 3 aromatic rings. The van der Waals surface area contributed by atoms with Crippen molar-refractivity contribution in [2.24, 2.45) is 0 Å². The number of para-hydroxylation sites is 1. The summed E-state index contributed by atoms with van der Waals surface area (Å²) < 4.78 is 5.33. The Bertz CT molecular complexity index is 917. The zero-order chi connectivity index (χ0) is 18.5. The van der Waals surface area contributed by atoms with Gasteiger partial charge in [-0.2, -0.15) is 0 Å². The van der Waals surface area contributed by atoms with Crippen LogP contribution in [-0.2, 0) is 0 Å². The van der Waals surface area contributed by atoms with E-state index in [0.29, 0.717) is 5.56 Å². The predicted octanol–water partition coefficient (Wildman–Crippen LogP) is 3.53. The summed E-state index contributed by atoms with van der Waals surface area (Å²) in [5, 5.41) is 19.6. The summed E-state index contributed by atoms with van der Waals surface area (Å²) in [6.45, 7) is 0. The van der Waals surface area contributed by atoms with Crippen LogP contribution in [-0.4, -0.2) is 22.0 Å². The number of benzene rings is 3. The number of rotatable bonds is 5. The van der Waals surface area contributed by atoms with Crippen LogP contribution in [0.25, 0.3) is 0 Å². The maximum Gasteiger partial charge on any atom is 0.343 e. The summed E-state index contributed by atoms with van der Waals surface area (Å²) in [7, 11) is 0. The first-order valence-corrected chi connectivity index (χ1v) is 7.94. The number of Topliss-reactive ketones (excluding diaryl/α,β-unsaturated/α-hetero) is 1. The van der Waals surface area contributed by atoms with Crippen LogP contribution >= 0.6 is 0 Å². The van der Waals surface area contributed by atoms with Crippen molar-refractivity contribution in [3.63, 3.8) is 0 Å². The molecule has 1 atom stereocenters. The van der Waals surface area contributed by atoms with Crippen LogP contribution in [0.3, 0.4) is 0 Å². The number of ether oxygens (including phenoxy) is 1. The van der Waals surface area contributed by atoms with Gasteiger partial charge in [-0.3, -0.25) is 4.79 Å². The zero-order valence-corrected chi connectivity index (χ0v) is 13.7. The van der Waals surface area contributed by atoms with Gasteiger partial charge in [0, 0.05) is 0 Å². The fraction of sp³-hybridized carbons (Fsp3) is 0.0476. The Balaban J connectivity index is 1.85. The summed E-state index contributed by atoms with van der Waals surface area (Å²) in [5.74, 6) is -1.14. The smallest absolute Gasteiger partial charge is 0.343 e. The molecular formula is C21H16O5. The van der Waals surface area contributed by atoms with Crippen LogP contribution in [0.2, 0.25) is 0 Å². The molecule has 0 aromatic heterocycles. The number of carbonyl (C=O) groups is 2. The molecule has 3 aromatic carbocycles. The first kappa shape index (κ1) is 17.4. The summed E-state index contributed by atoms with van der Waals surface area (Å²) in [6, 6.07) is 20.3. The van der Waals surface area contributed by atoms with Gasteiger partial charge in [0.05, 0.1) is 11.1 Å². The second-order valence-electron chi connectivity index (χ2n) is 5.61. The molecule has 0 bridgehead atoms. The molecule has 0 aliphatic heterocycles. The van der Waals surface area contributed by atoms with Crippen LogP contribution in [0, 0.1) is 0 Å². The molecule has 0 aliphatic carbocycles. The molecule has 5 heteroatoms. The largest absolute Gasteiger partial charge is 0.508 e. The van der Waals surface area contributed by atoms with Crippen molar-refractivity contribution in [3.8, 4) is 11.5 Å². The number of ketones is 1. The van der Waals surface area contributed by atoms with E-state index in [9.17, 15) is 19.8 Å². The van der Waals surface area contributed by atoms with E-state index in [2.05, 4.69) is 0 Å². The van der Waals surface area contributed by atoms with Gasteiger partial charge >= 0.3 is 5.97 Å². The van der Waals surface area contributed by atoms with Crippen LogP contribution in [0.1, 0.15) is 32.4 Å². The van der Waals surface area contributed by atoms with Crippen molar-refractivity contribution in [2.45, 2.75) is 6.10 Å². The Hall–Kier alpha value is -3.44. The Morgan fingerprint density at radius 1 is 0.808 bits per heavy atom. The highest BCUT2D eigenvalue weighted by Crippen LogP contribution is 2.26.